The van der Waals surface area contributed by atoms with Crippen molar-refractivity contribution < 1.29 is 14.6 Å². The van der Waals surface area contributed by atoms with Gasteiger partial charge in [0.2, 0.25) is 0 Å². The number of nitriles is 1. The predicted molar refractivity (Wildman–Crippen MR) is 62.3 cm³/mol. The molecule has 5 nitrogen and oxygen atoms in total. The number of nitrogens with zero attached hydrogens (tertiary/aromatic N) is 1. The summed E-state index contributed by atoms with van der Waals surface area (Å²) in [5.74, 6) is -0.346. The maximum absolute atomic E-state index is 11.7. The average molecular weight is 234 g/mol. The Morgan fingerprint density at radius 1 is 1.59 bits per heavy atom. The van der Waals surface area contributed by atoms with E-state index in [4.69, 9.17) is 15.1 Å². The fourth-order valence-corrected chi connectivity index (χ4v) is 1.23. The molecule has 0 aliphatic heterocycles. The molecule has 1 atom stereocenters. The Kier molecular flexibility index (Phi) is 5.14. The van der Waals surface area contributed by atoms with Crippen LogP contribution in [0.1, 0.15) is 12.5 Å². The number of carbonyl (C=O) groups is 1. The van der Waals surface area contributed by atoms with Crippen LogP contribution in [0.3, 0.4) is 0 Å². The van der Waals surface area contributed by atoms with Crippen LogP contribution in [0.4, 0.5) is 5.69 Å². The number of hydrogen-bond acceptors (Lipinski definition) is 4. The number of nitrogens with one attached hydrogen (secondary N) is 1. The number of para-hydroxylation sites is 1. The van der Waals surface area contributed by atoms with Crippen molar-refractivity contribution in [3.8, 4) is 6.07 Å². The Balaban J connectivity index is 2.65. The Morgan fingerprint density at radius 2 is 2.29 bits per heavy atom. The van der Waals surface area contributed by atoms with E-state index in [1.54, 1.807) is 31.2 Å². The second-order valence-corrected chi connectivity index (χ2v) is 3.38. The maximum Gasteiger partial charge on any atom is 0.253 e. The minimum absolute atomic E-state index is 0.106. The smallest absolute Gasteiger partial charge is 0.253 e. The number of benzene rings is 1. The molecule has 1 amide bonds. The van der Waals surface area contributed by atoms with E-state index in [0.29, 0.717) is 11.3 Å². The first-order chi connectivity index (χ1) is 8.19. The van der Waals surface area contributed by atoms with Crippen LogP contribution in [0.25, 0.3) is 0 Å². The van der Waals surface area contributed by atoms with Gasteiger partial charge in [-0.1, -0.05) is 12.1 Å². The molecular weight excluding hydrogens is 220 g/mol. The van der Waals surface area contributed by atoms with E-state index in [1.807, 2.05) is 6.07 Å². The van der Waals surface area contributed by atoms with Gasteiger partial charge in [-0.2, -0.15) is 5.26 Å². The largest absolute Gasteiger partial charge is 0.394 e. The normalized spacial score (nSPS) is 11.6. The van der Waals surface area contributed by atoms with Crippen LogP contribution < -0.4 is 5.32 Å². The van der Waals surface area contributed by atoms with Gasteiger partial charge in [0.15, 0.2) is 0 Å². The third-order valence-electron chi connectivity index (χ3n) is 2.13. The summed E-state index contributed by atoms with van der Waals surface area (Å²) < 4.78 is 5.05. The van der Waals surface area contributed by atoms with Gasteiger partial charge in [-0.25, -0.2) is 0 Å². The molecule has 1 aromatic rings. The first-order valence-electron chi connectivity index (χ1n) is 5.21. The molecule has 5 heteroatoms. The number of rotatable bonds is 5. The van der Waals surface area contributed by atoms with Crippen molar-refractivity contribution in [3.05, 3.63) is 29.8 Å². The Hall–Kier alpha value is -1.90. The lowest BCUT2D eigenvalue weighted by Gasteiger charge is -2.13. The third-order valence-corrected chi connectivity index (χ3v) is 2.13. The Labute approximate surface area is 99.6 Å². The maximum atomic E-state index is 11.7. The van der Waals surface area contributed by atoms with Crippen molar-refractivity contribution in [1.82, 2.24) is 0 Å². The summed E-state index contributed by atoms with van der Waals surface area (Å²) in [6.07, 6.45) is -0.672. The number of aliphatic hydroxyl groups excluding tert-OH is 1. The van der Waals surface area contributed by atoms with Gasteiger partial charge in [0.1, 0.15) is 12.2 Å². The van der Waals surface area contributed by atoms with E-state index in [-0.39, 0.29) is 19.1 Å². The van der Waals surface area contributed by atoms with E-state index >= 15 is 0 Å². The summed E-state index contributed by atoms with van der Waals surface area (Å²) in [5, 5.41) is 20.0. The standard InChI is InChI=1S/C12H14N2O3/c1-9(17-7-6-15)12(16)14-11-5-3-2-4-10(11)8-13/h2-5,9,15H,6-7H2,1H3,(H,14,16). The van der Waals surface area contributed by atoms with Crippen molar-refractivity contribution in [2.45, 2.75) is 13.0 Å². The first-order valence-corrected chi connectivity index (χ1v) is 5.21. The predicted octanol–water partition coefficient (Wildman–Crippen LogP) is 0.894. The highest BCUT2D eigenvalue weighted by molar-refractivity contribution is 5.95. The molecule has 2 N–H and O–H groups in total. The number of amides is 1. The van der Waals surface area contributed by atoms with Crippen LogP contribution in [-0.4, -0.2) is 30.3 Å². The molecule has 90 valence electrons. The summed E-state index contributed by atoms with van der Waals surface area (Å²) in [6.45, 7) is 1.56. The number of hydrogen-bond donors (Lipinski definition) is 2. The number of aliphatic hydroxyl groups is 1. The number of anilines is 1. The molecule has 0 saturated heterocycles. The fraction of sp³-hybridized carbons (Fsp3) is 0.333. The molecule has 1 unspecified atom stereocenters. The molecule has 0 fully saturated rings. The van der Waals surface area contributed by atoms with E-state index in [9.17, 15) is 4.79 Å². The zero-order valence-electron chi connectivity index (χ0n) is 9.51. The molecule has 0 aliphatic carbocycles. The van der Waals surface area contributed by atoms with Crippen LogP contribution in [-0.2, 0) is 9.53 Å². The Bertz CT molecular complexity index is 426. The lowest BCUT2D eigenvalue weighted by molar-refractivity contribution is -0.126. The second kappa shape index (κ2) is 6.63. The van der Waals surface area contributed by atoms with Crippen LogP contribution in [0.2, 0.25) is 0 Å². The lowest BCUT2D eigenvalue weighted by Crippen LogP contribution is -2.28. The van der Waals surface area contributed by atoms with E-state index in [2.05, 4.69) is 5.32 Å². The van der Waals surface area contributed by atoms with Crippen molar-refractivity contribution >= 4 is 11.6 Å². The third kappa shape index (κ3) is 3.87. The van der Waals surface area contributed by atoms with Crippen LogP contribution >= 0.6 is 0 Å². The lowest BCUT2D eigenvalue weighted by atomic mass is 10.2. The van der Waals surface area contributed by atoms with Crippen molar-refractivity contribution in [1.29, 1.82) is 5.26 Å². The minimum atomic E-state index is -0.672. The van der Waals surface area contributed by atoms with Crippen LogP contribution in [0.5, 0.6) is 0 Å². The van der Waals surface area contributed by atoms with Gasteiger partial charge in [-0.15, -0.1) is 0 Å². The van der Waals surface area contributed by atoms with E-state index in [0.717, 1.165) is 0 Å². The molecule has 0 spiro atoms. The van der Waals surface area contributed by atoms with Gasteiger partial charge in [0.05, 0.1) is 24.5 Å². The molecular formula is C12H14N2O3. The summed E-state index contributed by atoms with van der Waals surface area (Å²) in [7, 11) is 0. The van der Waals surface area contributed by atoms with E-state index in [1.165, 1.54) is 0 Å². The zero-order valence-corrected chi connectivity index (χ0v) is 9.51. The molecule has 0 radical (unpaired) electrons. The van der Waals surface area contributed by atoms with Crippen LogP contribution in [0, 0.1) is 11.3 Å². The first kappa shape index (κ1) is 13.2. The highest BCUT2D eigenvalue weighted by Crippen LogP contribution is 2.13. The SMILES string of the molecule is CC(OCCO)C(=O)Nc1ccccc1C#N. The Morgan fingerprint density at radius 3 is 2.94 bits per heavy atom. The number of ether oxygens (including phenoxy) is 1. The van der Waals surface area contributed by atoms with Gasteiger partial charge < -0.3 is 15.2 Å². The van der Waals surface area contributed by atoms with Gasteiger partial charge in [-0.05, 0) is 19.1 Å². The highest BCUT2D eigenvalue weighted by atomic mass is 16.5. The monoisotopic (exact) mass is 234 g/mol. The van der Waals surface area contributed by atoms with E-state index < -0.39 is 6.10 Å². The van der Waals surface area contributed by atoms with Gasteiger partial charge in [-0.3, -0.25) is 4.79 Å². The fourth-order valence-electron chi connectivity index (χ4n) is 1.23. The minimum Gasteiger partial charge on any atom is -0.394 e. The topological polar surface area (TPSA) is 82.3 Å². The van der Waals surface area contributed by atoms with Crippen LogP contribution in [0.15, 0.2) is 24.3 Å². The molecule has 0 saturated carbocycles. The summed E-state index contributed by atoms with van der Waals surface area (Å²) >= 11 is 0. The summed E-state index contributed by atoms with van der Waals surface area (Å²) in [4.78, 5) is 11.7. The number of carbonyl (C=O) groups excluding carboxylic acids is 1. The van der Waals surface area contributed by atoms with Gasteiger partial charge in [0, 0.05) is 0 Å². The zero-order chi connectivity index (χ0) is 12.7. The molecule has 1 rings (SSSR count). The van der Waals surface area contributed by atoms with Gasteiger partial charge in [0.25, 0.3) is 5.91 Å². The molecule has 17 heavy (non-hydrogen) atoms. The highest BCUT2D eigenvalue weighted by Gasteiger charge is 2.14. The second-order valence-electron chi connectivity index (χ2n) is 3.38. The molecule has 0 aromatic heterocycles. The average Bonchev–Trinajstić information content (AvgIpc) is 2.36. The quantitative estimate of drug-likeness (QED) is 0.792. The van der Waals surface area contributed by atoms with Crippen molar-refractivity contribution in [2.75, 3.05) is 18.5 Å². The molecule has 1 aromatic carbocycles. The summed E-state index contributed by atoms with van der Waals surface area (Å²) in [6, 6.07) is 8.71. The van der Waals surface area contributed by atoms with Crippen molar-refractivity contribution in [2.24, 2.45) is 0 Å². The molecule has 0 heterocycles. The van der Waals surface area contributed by atoms with Crippen molar-refractivity contribution in [3.63, 3.8) is 0 Å². The summed E-state index contributed by atoms with van der Waals surface area (Å²) in [5.41, 5.74) is 0.856. The molecule has 0 aliphatic rings. The molecule has 0 bridgehead atoms. The van der Waals surface area contributed by atoms with Gasteiger partial charge >= 0.3 is 0 Å².